The van der Waals surface area contributed by atoms with Gasteiger partial charge in [-0.25, -0.2) is 8.42 Å². The van der Waals surface area contributed by atoms with Crippen LogP contribution in [0.3, 0.4) is 0 Å². The van der Waals surface area contributed by atoms with Crippen molar-refractivity contribution in [1.29, 1.82) is 0 Å². The molecule has 2 unspecified atom stereocenters. The van der Waals surface area contributed by atoms with Crippen LogP contribution in [0.1, 0.15) is 19.8 Å². The smallest absolute Gasteiger partial charge is 0.322 e. The Morgan fingerprint density at radius 2 is 2.07 bits per heavy atom. The molecule has 5 nitrogen and oxygen atoms in total. The Morgan fingerprint density at radius 3 is 2.50 bits per heavy atom. The van der Waals surface area contributed by atoms with Crippen molar-refractivity contribution >= 4 is 16.0 Å². The zero-order valence-electron chi connectivity index (χ0n) is 8.30. The summed E-state index contributed by atoms with van der Waals surface area (Å²) in [7, 11) is -3.39. The summed E-state index contributed by atoms with van der Waals surface area (Å²) in [6, 6.07) is -0.881. The van der Waals surface area contributed by atoms with Gasteiger partial charge in [-0.1, -0.05) is 6.92 Å². The minimum Gasteiger partial charge on any atom is -0.480 e. The number of nitrogens with zero attached hydrogens (tertiary/aromatic N) is 1. The van der Waals surface area contributed by atoms with Crippen molar-refractivity contribution in [2.24, 2.45) is 5.92 Å². The largest absolute Gasteiger partial charge is 0.480 e. The molecule has 1 aliphatic heterocycles. The molecule has 1 rings (SSSR count). The minimum absolute atomic E-state index is 0.272. The molecule has 0 aliphatic carbocycles. The van der Waals surface area contributed by atoms with Crippen molar-refractivity contribution in [2.45, 2.75) is 25.8 Å². The molecule has 0 amide bonds. The van der Waals surface area contributed by atoms with Crippen LogP contribution in [0.25, 0.3) is 0 Å². The van der Waals surface area contributed by atoms with Crippen molar-refractivity contribution in [3.63, 3.8) is 0 Å². The highest BCUT2D eigenvalue weighted by atomic mass is 32.2. The molecule has 1 saturated heterocycles. The van der Waals surface area contributed by atoms with Gasteiger partial charge in [-0.2, -0.15) is 4.31 Å². The minimum atomic E-state index is -3.39. The predicted molar refractivity (Wildman–Crippen MR) is 51.4 cm³/mol. The summed E-state index contributed by atoms with van der Waals surface area (Å²) in [5.41, 5.74) is 0. The van der Waals surface area contributed by atoms with Crippen LogP contribution in [-0.4, -0.2) is 42.6 Å². The third kappa shape index (κ3) is 2.45. The van der Waals surface area contributed by atoms with Gasteiger partial charge in [0.25, 0.3) is 0 Å². The van der Waals surface area contributed by atoms with Crippen molar-refractivity contribution in [1.82, 2.24) is 4.31 Å². The first-order chi connectivity index (χ1) is 6.32. The Hall–Kier alpha value is -0.620. The summed E-state index contributed by atoms with van der Waals surface area (Å²) in [5, 5.41) is 8.88. The van der Waals surface area contributed by atoms with Crippen LogP contribution in [0, 0.1) is 5.92 Å². The Bertz CT molecular complexity index is 324. The maximum atomic E-state index is 11.3. The summed E-state index contributed by atoms with van der Waals surface area (Å²) in [4.78, 5) is 10.9. The average molecular weight is 221 g/mol. The number of hydrogen-bond acceptors (Lipinski definition) is 3. The molecule has 0 saturated carbocycles. The van der Waals surface area contributed by atoms with Crippen LogP contribution in [0.2, 0.25) is 0 Å². The van der Waals surface area contributed by atoms with Crippen LogP contribution >= 0.6 is 0 Å². The molecule has 1 heterocycles. The lowest BCUT2D eigenvalue weighted by Crippen LogP contribution is -2.49. The first-order valence-electron chi connectivity index (χ1n) is 4.52. The molecule has 1 N–H and O–H groups in total. The van der Waals surface area contributed by atoms with E-state index in [2.05, 4.69) is 0 Å². The first kappa shape index (κ1) is 11.5. The zero-order valence-corrected chi connectivity index (χ0v) is 9.12. The quantitative estimate of drug-likeness (QED) is 0.719. The SMILES string of the molecule is CC1CCN(S(C)(=O)=O)C(C(=O)O)C1. The topological polar surface area (TPSA) is 74.7 Å². The standard InChI is InChI=1S/C8H15NO4S/c1-6-3-4-9(14(2,12)13)7(5-6)8(10)11/h6-7H,3-5H2,1-2H3,(H,10,11). The molecular formula is C8H15NO4S. The second-order valence-electron chi connectivity index (χ2n) is 3.86. The number of carboxylic acid groups (broad SMARTS) is 1. The number of aliphatic carboxylic acids is 1. The highest BCUT2D eigenvalue weighted by molar-refractivity contribution is 7.88. The molecule has 2 atom stereocenters. The Kier molecular flexibility index (Phi) is 3.16. The van der Waals surface area contributed by atoms with Crippen molar-refractivity contribution in [3.05, 3.63) is 0 Å². The number of piperidine rings is 1. The van der Waals surface area contributed by atoms with E-state index in [0.717, 1.165) is 17.0 Å². The molecule has 1 fully saturated rings. The predicted octanol–water partition coefficient (Wildman–Crippen LogP) is 0.131. The van der Waals surface area contributed by atoms with E-state index in [9.17, 15) is 13.2 Å². The summed E-state index contributed by atoms with van der Waals surface area (Å²) in [6.07, 6.45) is 2.19. The van der Waals surface area contributed by atoms with Crippen molar-refractivity contribution in [3.8, 4) is 0 Å². The van der Waals surface area contributed by atoms with Gasteiger partial charge in [0, 0.05) is 6.54 Å². The van der Waals surface area contributed by atoms with E-state index in [4.69, 9.17) is 5.11 Å². The van der Waals surface area contributed by atoms with Crippen molar-refractivity contribution in [2.75, 3.05) is 12.8 Å². The fourth-order valence-electron chi connectivity index (χ4n) is 1.74. The second kappa shape index (κ2) is 3.86. The van der Waals surface area contributed by atoms with Gasteiger partial charge in [0.15, 0.2) is 0 Å². The van der Waals surface area contributed by atoms with Crippen LogP contribution in [0.5, 0.6) is 0 Å². The Labute approximate surface area is 83.8 Å². The van der Waals surface area contributed by atoms with Gasteiger partial charge >= 0.3 is 5.97 Å². The lowest BCUT2D eigenvalue weighted by Gasteiger charge is -2.33. The molecular weight excluding hydrogens is 206 g/mol. The van der Waals surface area contributed by atoms with E-state index in [1.165, 1.54) is 0 Å². The van der Waals surface area contributed by atoms with E-state index in [0.29, 0.717) is 13.0 Å². The summed E-state index contributed by atoms with van der Waals surface area (Å²) in [5.74, 6) is -0.781. The van der Waals surface area contributed by atoms with Gasteiger partial charge in [0.2, 0.25) is 10.0 Å². The van der Waals surface area contributed by atoms with E-state index in [1.54, 1.807) is 0 Å². The van der Waals surface area contributed by atoms with Crippen LogP contribution < -0.4 is 0 Å². The van der Waals surface area contributed by atoms with Gasteiger partial charge < -0.3 is 5.11 Å². The highest BCUT2D eigenvalue weighted by Gasteiger charge is 2.36. The molecule has 0 aromatic rings. The Balaban J connectivity index is 2.89. The number of carbonyl (C=O) groups is 1. The molecule has 82 valence electrons. The Morgan fingerprint density at radius 1 is 1.50 bits per heavy atom. The number of rotatable bonds is 2. The monoisotopic (exact) mass is 221 g/mol. The normalized spacial score (nSPS) is 30.1. The fraction of sp³-hybridized carbons (Fsp3) is 0.875. The van der Waals surface area contributed by atoms with Crippen LogP contribution in [0.4, 0.5) is 0 Å². The highest BCUT2D eigenvalue weighted by Crippen LogP contribution is 2.24. The van der Waals surface area contributed by atoms with Crippen molar-refractivity contribution < 1.29 is 18.3 Å². The van der Waals surface area contributed by atoms with Gasteiger partial charge in [-0.3, -0.25) is 4.79 Å². The van der Waals surface area contributed by atoms with Gasteiger partial charge in [0.1, 0.15) is 6.04 Å². The molecule has 0 bridgehead atoms. The summed E-state index contributed by atoms with van der Waals surface area (Å²) < 4.78 is 23.6. The molecule has 1 aliphatic rings. The lowest BCUT2D eigenvalue weighted by atomic mass is 9.94. The van der Waals surface area contributed by atoms with E-state index < -0.39 is 22.0 Å². The second-order valence-corrected chi connectivity index (χ2v) is 5.79. The average Bonchev–Trinajstić information content (AvgIpc) is 2.01. The van der Waals surface area contributed by atoms with E-state index >= 15 is 0 Å². The van der Waals surface area contributed by atoms with Gasteiger partial charge in [0.05, 0.1) is 6.26 Å². The van der Waals surface area contributed by atoms with E-state index in [-0.39, 0.29) is 5.92 Å². The molecule has 0 radical (unpaired) electrons. The first-order valence-corrected chi connectivity index (χ1v) is 6.37. The maximum Gasteiger partial charge on any atom is 0.322 e. The van der Waals surface area contributed by atoms with Crippen LogP contribution in [0.15, 0.2) is 0 Å². The molecule has 0 aromatic carbocycles. The fourth-order valence-corrected chi connectivity index (χ4v) is 2.82. The molecule has 0 aromatic heterocycles. The van der Waals surface area contributed by atoms with Gasteiger partial charge in [-0.05, 0) is 18.8 Å². The third-order valence-electron chi connectivity index (χ3n) is 2.53. The molecule has 0 spiro atoms. The van der Waals surface area contributed by atoms with E-state index in [1.807, 2.05) is 6.92 Å². The third-order valence-corrected chi connectivity index (χ3v) is 3.82. The number of sulfonamides is 1. The molecule has 6 heteroatoms. The zero-order chi connectivity index (χ0) is 10.9. The summed E-state index contributed by atoms with van der Waals surface area (Å²) >= 11 is 0. The lowest BCUT2D eigenvalue weighted by molar-refractivity contribution is -0.142. The van der Waals surface area contributed by atoms with Gasteiger partial charge in [-0.15, -0.1) is 0 Å². The van der Waals surface area contributed by atoms with Crippen LogP contribution in [-0.2, 0) is 14.8 Å². The number of hydrogen-bond donors (Lipinski definition) is 1. The summed E-state index contributed by atoms with van der Waals surface area (Å²) in [6.45, 7) is 2.26. The maximum absolute atomic E-state index is 11.3. The molecule has 14 heavy (non-hydrogen) atoms. The number of carboxylic acids is 1.